The maximum atomic E-state index is 12.2. The largest absolute Gasteiger partial charge is 0.393 e. The fourth-order valence-electron chi connectivity index (χ4n) is 2.45. The highest BCUT2D eigenvalue weighted by molar-refractivity contribution is 7.85. The molecular formula is C16H24N2O3S. The molecule has 5 nitrogen and oxygen atoms in total. The summed E-state index contributed by atoms with van der Waals surface area (Å²) in [6, 6.07) is 9.39. The van der Waals surface area contributed by atoms with E-state index in [0.29, 0.717) is 44.8 Å². The van der Waals surface area contributed by atoms with Crippen LogP contribution in [0.4, 0.5) is 0 Å². The number of amides is 1. The molecule has 0 spiro atoms. The van der Waals surface area contributed by atoms with Gasteiger partial charge in [-0.1, -0.05) is 18.2 Å². The first-order chi connectivity index (χ1) is 10.6. The Bertz CT molecular complexity index is 501. The zero-order valence-corrected chi connectivity index (χ0v) is 13.8. The van der Waals surface area contributed by atoms with Crippen LogP contribution in [0.2, 0.25) is 0 Å². The third-order valence-corrected chi connectivity index (χ3v) is 5.24. The van der Waals surface area contributed by atoms with Gasteiger partial charge in [-0.25, -0.2) is 0 Å². The molecule has 1 aliphatic heterocycles. The van der Waals surface area contributed by atoms with Crippen LogP contribution in [0.1, 0.15) is 12.8 Å². The standard InChI is InChI=1S/C16H24N2O3S/c1-17(11-12-22(21)15-5-3-2-4-6-15)13-16(20)18-9-7-14(19)8-10-18/h2-6,14,19H,7-13H2,1H3. The molecule has 0 saturated carbocycles. The third-order valence-electron chi connectivity index (χ3n) is 3.89. The number of piperidine rings is 1. The van der Waals surface area contributed by atoms with Crippen molar-refractivity contribution in [3.05, 3.63) is 30.3 Å². The lowest BCUT2D eigenvalue weighted by molar-refractivity contribution is -0.134. The lowest BCUT2D eigenvalue weighted by atomic mass is 10.1. The molecule has 1 fully saturated rings. The van der Waals surface area contributed by atoms with Gasteiger partial charge in [0, 0.05) is 30.3 Å². The van der Waals surface area contributed by atoms with E-state index in [4.69, 9.17) is 0 Å². The zero-order valence-electron chi connectivity index (χ0n) is 13.0. The Kier molecular flexibility index (Phi) is 6.54. The predicted molar refractivity (Wildman–Crippen MR) is 87.0 cm³/mol. The van der Waals surface area contributed by atoms with Gasteiger partial charge in [0.25, 0.3) is 0 Å². The Balaban J connectivity index is 1.72. The fourth-order valence-corrected chi connectivity index (χ4v) is 3.63. The number of likely N-dealkylation sites (tertiary alicyclic amines) is 1. The zero-order chi connectivity index (χ0) is 15.9. The maximum Gasteiger partial charge on any atom is 0.236 e. The molecule has 1 atom stereocenters. The molecule has 2 rings (SSSR count). The Morgan fingerprint density at radius 2 is 1.95 bits per heavy atom. The normalized spacial score (nSPS) is 17.7. The number of carbonyl (C=O) groups excluding carboxylic acids is 1. The molecule has 1 aromatic rings. The minimum atomic E-state index is -1.03. The van der Waals surface area contributed by atoms with E-state index in [2.05, 4.69) is 0 Å². The maximum absolute atomic E-state index is 12.2. The minimum Gasteiger partial charge on any atom is -0.393 e. The SMILES string of the molecule is CN(CCS(=O)c1ccccc1)CC(=O)N1CCC(O)CC1. The van der Waals surface area contributed by atoms with Crippen LogP contribution in [-0.2, 0) is 15.6 Å². The Morgan fingerprint density at radius 3 is 2.59 bits per heavy atom. The van der Waals surface area contributed by atoms with Crippen molar-refractivity contribution in [2.45, 2.75) is 23.8 Å². The summed E-state index contributed by atoms with van der Waals surface area (Å²) in [5.41, 5.74) is 0. The minimum absolute atomic E-state index is 0.0832. The summed E-state index contributed by atoms with van der Waals surface area (Å²) in [6.07, 6.45) is 1.05. The molecule has 1 heterocycles. The first-order valence-corrected chi connectivity index (χ1v) is 8.96. The van der Waals surface area contributed by atoms with Gasteiger partial charge in [-0.3, -0.25) is 13.9 Å². The van der Waals surface area contributed by atoms with Gasteiger partial charge in [-0.15, -0.1) is 0 Å². The summed E-state index contributed by atoms with van der Waals surface area (Å²) in [5, 5.41) is 9.46. The molecule has 1 aromatic carbocycles. The van der Waals surface area contributed by atoms with Gasteiger partial charge in [0.1, 0.15) is 0 Å². The molecule has 0 bridgehead atoms. The van der Waals surface area contributed by atoms with Gasteiger partial charge >= 0.3 is 0 Å². The van der Waals surface area contributed by atoms with Crippen LogP contribution < -0.4 is 0 Å². The van der Waals surface area contributed by atoms with E-state index in [9.17, 15) is 14.1 Å². The number of hydrogen-bond acceptors (Lipinski definition) is 4. The summed E-state index contributed by atoms with van der Waals surface area (Å²) in [7, 11) is 0.846. The van der Waals surface area contributed by atoms with Crippen molar-refractivity contribution in [2.24, 2.45) is 0 Å². The van der Waals surface area contributed by atoms with Crippen molar-refractivity contribution < 1.29 is 14.1 Å². The number of likely N-dealkylation sites (N-methyl/N-ethyl adjacent to an activating group) is 1. The number of carbonyl (C=O) groups is 1. The first kappa shape index (κ1) is 17.1. The molecule has 1 unspecified atom stereocenters. The fraction of sp³-hybridized carbons (Fsp3) is 0.562. The van der Waals surface area contributed by atoms with Crippen LogP contribution in [-0.4, -0.2) is 70.1 Å². The summed E-state index contributed by atoms with van der Waals surface area (Å²) in [5.74, 6) is 0.604. The smallest absolute Gasteiger partial charge is 0.236 e. The van der Waals surface area contributed by atoms with Gasteiger partial charge in [-0.2, -0.15) is 0 Å². The second-order valence-corrected chi connectivity index (χ2v) is 7.28. The van der Waals surface area contributed by atoms with Gasteiger partial charge in [0.05, 0.1) is 23.4 Å². The molecule has 0 radical (unpaired) electrons. The van der Waals surface area contributed by atoms with Crippen molar-refractivity contribution in [1.29, 1.82) is 0 Å². The van der Waals surface area contributed by atoms with Crippen molar-refractivity contribution in [3.8, 4) is 0 Å². The van der Waals surface area contributed by atoms with E-state index in [1.165, 1.54) is 0 Å². The molecule has 22 heavy (non-hydrogen) atoms. The Hall–Kier alpha value is -1.24. The van der Waals surface area contributed by atoms with Gasteiger partial charge < -0.3 is 10.0 Å². The molecule has 1 aliphatic rings. The number of nitrogens with zero attached hydrogens (tertiary/aromatic N) is 2. The Morgan fingerprint density at radius 1 is 1.32 bits per heavy atom. The highest BCUT2D eigenvalue weighted by Gasteiger charge is 2.22. The monoisotopic (exact) mass is 324 g/mol. The van der Waals surface area contributed by atoms with Crippen LogP contribution in [0.3, 0.4) is 0 Å². The van der Waals surface area contributed by atoms with Crippen LogP contribution in [0.15, 0.2) is 35.2 Å². The van der Waals surface area contributed by atoms with Crippen LogP contribution in [0.5, 0.6) is 0 Å². The number of aliphatic hydroxyl groups is 1. The molecule has 6 heteroatoms. The predicted octanol–water partition coefficient (Wildman–Crippen LogP) is 0.709. The van der Waals surface area contributed by atoms with Crippen LogP contribution >= 0.6 is 0 Å². The van der Waals surface area contributed by atoms with Crippen LogP contribution in [0, 0.1) is 0 Å². The van der Waals surface area contributed by atoms with Crippen molar-refractivity contribution >= 4 is 16.7 Å². The second kappa shape index (κ2) is 8.41. The second-order valence-electron chi connectivity index (χ2n) is 5.71. The molecule has 1 amide bonds. The van der Waals surface area contributed by atoms with Crippen molar-refractivity contribution in [3.63, 3.8) is 0 Å². The van der Waals surface area contributed by atoms with Gasteiger partial charge in [-0.05, 0) is 32.0 Å². The van der Waals surface area contributed by atoms with Crippen molar-refractivity contribution in [2.75, 3.05) is 39.0 Å². The van der Waals surface area contributed by atoms with E-state index in [-0.39, 0.29) is 12.0 Å². The lowest BCUT2D eigenvalue weighted by Gasteiger charge is -2.31. The summed E-state index contributed by atoms with van der Waals surface area (Å²) in [6.45, 7) is 2.21. The average Bonchev–Trinajstić information content (AvgIpc) is 2.54. The van der Waals surface area contributed by atoms with E-state index < -0.39 is 10.8 Å². The van der Waals surface area contributed by atoms with Gasteiger partial charge in [0.15, 0.2) is 0 Å². The highest BCUT2D eigenvalue weighted by Crippen LogP contribution is 2.10. The Labute approximate surface area is 134 Å². The van der Waals surface area contributed by atoms with E-state index in [1.54, 1.807) is 4.90 Å². The van der Waals surface area contributed by atoms with Gasteiger partial charge in [0.2, 0.25) is 5.91 Å². The number of rotatable bonds is 6. The summed E-state index contributed by atoms with van der Waals surface area (Å²) < 4.78 is 12.1. The quantitative estimate of drug-likeness (QED) is 0.837. The highest BCUT2D eigenvalue weighted by atomic mass is 32.2. The van der Waals surface area contributed by atoms with E-state index in [0.717, 1.165) is 4.90 Å². The lowest BCUT2D eigenvalue weighted by Crippen LogP contribution is -2.44. The molecule has 0 aromatic heterocycles. The average molecular weight is 324 g/mol. The molecule has 1 N–H and O–H groups in total. The van der Waals surface area contributed by atoms with E-state index >= 15 is 0 Å². The number of hydrogen-bond donors (Lipinski definition) is 1. The molecular weight excluding hydrogens is 300 g/mol. The summed E-state index contributed by atoms with van der Waals surface area (Å²) >= 11 is 0. The van der Waals surface area contributed by atoms with Crippen LogP contribution in [0.25, 0.3) is 0 Å². The summed E-state index contributed by atoms with van der Waals surface area (Å²) in [4.78, 5) is 16.7. The van der Waals surface area contributed by atoms with E-state index in [1.807, 2.05) is 42.3 Å². The topological polar surface area (TPSA) is 60.9 Å². The van der Waals surface area contributed by atoms with Crippen molar-refractivity contribution in [1.82, 2.24) is 9.80 Å². The molecule has 0 aliphatic carbocycles. The number of aliphatic hydroxyl groups excluding tert-OH is 1. The molecule has 122 valence electrons. The number of benzene rings is 1. The first-order valence-electron chi connectivity index (χ1n) is 7.64. The third kappa shape index (κ3) is 5.19. The molecule has 1 saturated heterocycles.